The number of aromatic carboxylic acids is 1. The number of nitriles is 1. The number of hydrogen-bond donors (Lipinski definition) is 2. The summed E-state index contributed by atoms with van der Waals surface area (Å²) in [6.07, 6.45) is 5.22. The molecule has 1 saturated heterocycles. The topological polar surface area (TPSA) is 93.4 Å². The third kappa shape index (κ3) is 4.77. The van der Waals surface area contributed by atoms with Crippen LogP contribution in [0.15, 0.2) is 54.1 Å². The Bertz CT molecular complexity index is 919. The lowest BCUT2D eigenvalue weighted by atomic mass is 10.1. The van der Waals surface area contributed by atoms with Crippen molar-refractivity contribution in [3.05, 3.63) is 65.2 Å². The molecule has 6 heteroatoms. The van der Waals surface area contributed by atoms with E-state index in [1.807, 2.05) is 30.3 Å². The van der Waals surface area contributed by atoms with Crippen LogP contribution in [0.1, 0.15) is 35.2 Å². The highest BCUT2D eigenvalue weighted by atomic mass is 16.4. The minimum absolute atomic E-state index is 0.0203. The standard InChI is InChI=1S/C22H21N3O3/c23-15-18(21(26)24-19-8-6-17(7-9-19)22(27)28)14-16-4-10-20(11-5-16)25-12-2-1-3-13-25/h4-11,14H,1-3,12-13H2,(H,24,26)(H,27,28)/b18-14+. The van der Waals surface area contributed by atoms with Crippen molar-refractivity contribution in [2.75, 3.05) is 23.3 Å². The van der Waals surface area contributed by atoms with E-state index >= 15 is 0 Å². The predicted octanol–water partition coefficient (Wildman–Crippen LogP) is 3.92. The molecule has 142 valence electrons. The highest BCUT2D eigenvalue weighted by Gasteiger charge is 2.12. The molecule has 0 saturated carbocycles. The summed E-state index contributed by atoms with van der Waals surface area (Å²) in [6.45, 7) is 2.11. The van der Waals surface area contributed by atoms with E-state index in [2.05, 4.69) is 10.2 Å². The number of carbonyl (C=O) groups excluding carboxylic acids is 1. The summed E-state index contributed by atoms with van der Waals surface area (Å²) in [7, 11) is 0. The Balaban J connectivity index is 1.69. The molecule has 2 N–H and O–H groups in total. The zero-order valence-corrected chi connectivity index (χ0v) is 15.4. The fourth-order valence-corrected chi connectivity index (χ4v) is 3.14. The summed E-state index contributed by atoms with van der Waals surface area (Å²) in [5.41, 5.74) is 2.46. The second-order valence-electron chi connectivity index (χ2n) is 6.65. The minimum atomic E-state index is -1.04. The molecule has 0 unspecified atom stereocenters. The van der Waals surface area contributed by atoms with Crippen molar-refractivity contribution in [1.82, 2.24) is 0 Å². The number of benzene rings is 2. The van der Waals surface area contributed by atoms with Crippen LogP contribution in [0.25, 0.3) is 6.08 Å². The minimum Gasteiger partial charge on any atom is -0.478 e. The molecular formula is C22H21N3O3. The van der Waals surface area contributed by atoms with Crippen LogP contribution in [-0.2, 0) is 4.79 Å². The molecule has 0 radical (unpaired) electrons. The van der Waals surface area contributed by atoms with Gasteiger partial charge in [0, 0.05) is 24.5 Å². The van der Waals surface area contributed by atoms with Crippen LogP contribution < -0.4 is 10.2 Å². The first-order valence-electron chi connectivity index (χ1n) is 9.18. The molecule has 6 nitrogen and oxygen atoms in total. The van der Waals surface area contributed by atoms with E-state index in [4.69, 9.17) is 5.11 Å². The van der Waals surface area contributed by atoms with E-state index in [-0.39, 0.29) is 11.1 Å². The number of nitrogens with zero attached hydrogens (tertiary/aromatic N) is 2. The summed E-state index contributed by atoms with van der Waals surface area (Å²) in [5.74, 6) is -1.57. The molecule has 0 atom stereocenters. The maximum atomic E-state index is 12.4. The van der Waals surface area contributed by atoms with Crippen molar-refractivity contribution >= 4 is 29.3 Å². The summed E-state index contributed by atoms with van der Waals surface area (Å²) < 4.78 is 0. The van der Waals surface area contributed by atoms with Gasteiger partial charge in [-0.2, -0.15) is 5.26 Å². The van der Waals surface area contributed by atoms with Gasteiger partial charge < -0.3 is 15.3 Å². The van der Waals surface area contributed by atoms with Gasteiger partial charge in [-0.15, -0.1) is 0 Å². The van der Waals surface area contributed by atoms with Crippen LogP contribution in [0.2, 0.25) is 0 Å². The van der Waals surface area contributed by atoms with E-state index in [0.29, 0.717) is 5.69 Å². The second kappa shape index (κ2) is 8.87. The Morgan fingerprint density at radius 1 is 1.00 bits per heavy atom. The second-order valence-corrected chi connectivity index (χ2v) is 6.65. The molecule has 3 rings (SSSR count). The third-order valence-electron chi connectivity index (χ3n) is 4.68. The van der Waals surface area contributed by atoms with Crippen LogP contribution in [0, 0.1) is 11.3 Å². The number of piperidine rings is 1. The van der Waals surface area contributed by atoms with E-state index < -0.39 is 11.9 Å². The normalized spacial score (nSPS) is 14.2. The first-order valence-corrected chi connectivity index (χ1v) is 9.18. The Kier molecular flexibility index (Phi) is 6.07. The maximum absolute atomic E-state index is 12.4. The number of carboxylic acids is 1. The molecule has 0 aliphatic carbocycles. The first-order chi connectivity index (χ1) is 13.6. The summed E-state index contributed by atoms with van der Waals surface area (Å²) >= 11 is 0. The zero-order chi connectivity index (χ0) is 19.9. The summed E-state index contributed by atoms with van der Waals surface area (Å²) in [5, 5.41) is 20.9. The molecule has 28 heavy (non-hydrogen) atoms. The van der Waals surface area contributed by atoms with Crippen molar-refractivity contribution in [3.8, 4) is 6.07 Å². The Hall–Kier alpha value is -3.59. The molecule has 1 fully saturated rings. The number of amides is 1. The molecule has 0 spiro atoms. The van der Waals surface area contributed by atoms with Gasteiger partial charge in [-0.1, -0.05) is 12.1 Å². The third-order valence-corrected chi connectivity index (χ3v) is 4.68. The van der Waals surface area contributed by atoms with Gasteiger partial charge in [-0.25, -0.2) is 4.79 Å². The van der Waals surface area contributed by atoms with Gasteiger partial charge in [-0.05, 0) is 67.3 Å². The average molecular weight is 375 g/mol. The fraction of sp³-hybridized carbons (Fsp3) is 0.227. The van der Waals surface area contributed by atoms with Crippen LogP contribution in [0.5, 0.6) is 0 Å². The summed E-state index contributed by atoms with van der Waals surface area (Å²) in [4.78, 5) is 25.6. The molecule has 1 heterocycles. The Morgan fingerprint density at radius 3 is 2.21 bits per heavy atom. The van der Waals surface area contributed by atoms with Crippen molar-refractivity contribution in [1.29, 1.82) is 5.26 Å². The van der Waals surface area contributed by atoms with Gasteiger partial charge in [0.05, 0.1) is 5.56 Å². The highest BCUT2D eigenvalue weighted by Crippen LogP contribution is 2.21. The van der Waals surface area contributed by atoms with E-state index in [0.717, 1.165) is 24.3 Å². The SMILES string of the molecule is N#C/C(=C\c1ccc(N2CCCCC2)cc1)C(=O)Nc1ccc(C(=O)O)cc1. The van der Waals surface area contributed by atoms with Gasteiger partial charge in [0.25, 0.3) is 5.91 Å². The van der Waals surface area contributed by atoms with E-state index in [1.54, 1.807) is 6.08 Å². The van der Waals surface area contributed by atoms with Crippen LogP contribution in [0.4, 0.5) is 11.4 Å². The first kappa shape index (κ1) is 19.2. The quantitative estimate of drug-likeness (QED) is 0.610. The van der Waals surface area contributed by atoms with Crippen molar-refractivity contribution in [3.63, 3.8) is 0 Å². The number of hydrogen-bond acceptors (Lipinski definition) is 4. The smallest absolute Gasteiger partial charge is 0.335 e. The van der Waals surface area contributed by atoms with Crippen molar-refractivity contribution in [2.45, 2.75) is 19.3 Å². The Morgan fingerprint density at radius 2 is 1.64 bits per heavy atom. The van der Waals surface area contributed by atoms with Crippen molar-refractivity contribution < 1.29 is 14.7 Å². The molecule has 0 bridgehead atoms. The average Bonchev–Trinajstić information content (AvgIpc) is 2.73. The molecule has 1 aliphatic rings. The van der Waals surface area contributed by atoms with Gasteiger partial charge >= 0.3 is 5.97 Å². The number of rotatable bonds is 5. The van der Waals surface area contributed by atoms with Gasteiger partial charge in [0.2, 0.25) is 0 Å². The van der Waals surface area contributed by atoms with Crippen LogP contribution in [0.3, 0.4) is 0 Å². The molecule has 2 aromatic carbocycles. The lowest BCUT2D eigenvalue weighted by Gasteiger charge is -2.28. The highest BCUT2D eigenvalue weighted by molar-refractivity contribution is 6.09. The monoisotopic (exact) mass is 375 g/mol. The lowest BCUT2D eigenvalue weighted by Crippen LogP contribution is -2.29. The molecular weight excluding hydrogens is 354 g/mol. The van der Waals surface area contributed by atoms with Gasteiger partial charge in [0.1, 0.15) is 11.6 Å². The largest absolute Gasteiger partial charge is 0.478 e. The number of anilines is 2. The molecule has 2 aromatic rings. The Labute approximate surface area is 163 Å². The number of carbonyl (C=O) groups is 2. The number of carboxylic acid groups (broad SMARTS) is 1. The maximum Gasteiger partial charge on any atom is 0.335 e. The molecule has 1 aliphatic heterocycles. The summed E-state index contributed by atoms with van der Waals surface area (Å²) in [6, 6.07) is 15.5. The van der Waals surface area contributed by atoms with Gasteiger partial charge in [-0.3, -0.25) is 4.79 Å². The molecule has 0 aromatic heterocycles. The van der Waals surface area contributed by atoms with Crippen LogP contribution >= 0.6 is 0 Å². The predicted molar refractivity (Wildman–Crippen MR) is 108 cm³/mol. The van der Waals surface area contributed by atoms with Crippen molar-refractivity contribution in [2.24, 2.45) is 0 Å². The zero-order valence-electron chi connectivity index (χ0n) is 15.4. The molecule has 1 amide bonds. The van der Waals surface area contributed by atoms with Crippen LogP contribution in [-0.4, -0.2) is 30.1 Å². The van der Waals surface area contributed by atoms with E-state index in [1.165, 1.54) is 43.5 Å². The number of nitrogens with one attached hydrogen (secondary N) is 1. The lowest BCUT2D eigenvalue weighted by molar-refractivity contribution is -0.112. The fourth-order valence-electron chi connectivity index (χ4n) is 3.14. The van der Waals surface area contributed by atoms with E-state index in [9.17, 15) is 14.9 Å². The van der Waals surface area contributed by atoms with Gasteiger partial charge in [0.15, 0.2) is 0 Å².